The molecule has 0 aliphatic heterocycles. The summed E-state index contributed by atoms with van der Waals surface area (Å²) < 4.78 is 28.1. The number of sulfonamides is 1. The number of primary sulfonamides is 1. The molecule has 0 spiro atoms. The molecular weight excluding hydrogens is 318 g/mol. The van der Waals surface area contributed by atoms with Gasteiger partial charge < -0.3 is 15.8 Å². The average Bonchev–Trinajstić information content (AvgIpc) is 2.46. The van der Waals surface area contributed by atoms with E-state index in [0.717, 1.165) is 6.42 Å². The SMILES string of the molecule is CCC(C)Oc1cc(N)nc(Nc2ccc(S(N)(=O)=O)cc2)n1. The van der Waals surface area contributed by atoms with Crippen LogP contribution in [0.2, 0.25) is 0 Å². The van der Waals surface area contributed by atoms with Gasteiger partial charge in [0.25, 0.3) is 0 Å². The van der Waals surface area contributed by atoms with E-state index in [1.54, 1.807) is 18.2 Å². The molecule has 1 heterocycles. The van der Waals surface area contributed by atoms with Gasteiger partial charge in [-0.1, -0.05) is 6.92 Å². The molecule has 0 aliphatic carbocycles. The predicted octanol–water partition coefficient (Wildman–Crippen LogP) is 1.63. The van der Waals surface area contributed by atoms with E-state index in [9.17, 15) is 8.42 Å². The van der Waals surface area contributed by atoms with Gasteiger partial charge in [-0.25, -0.2) is 13.6 Å². The first-order valence-corrected chi connectivity index (χ1v) is 8.53. The smallest absolute Gasteiger partial charge is 0.238 e. The third kappa shape index (κ3) is 4.80. The molecule has 1 unspecified atom stereocenters. The molecular formula is C14H19N5O3S. The summed E-state index contributed by atoms with van der Waals surface area (Å²) in [6.45, 7) is 3.93. The van der Waals surface area contributed by atoms with Crippen molar-refractivity contribution in [2.24, 2.45) is 5.14 Å². The normalized spacial score (nSPS) is 12.7. The lowest BCUT2D eigenvalue weighted by Gasteiger charge is -2.13. The zero-order chi connectivity index (χ0) is 17.0. The topological polar surface area (TPSA) is 133 Å². The highest BCUT2D eigenvalue weighted by atomic mass is 32.2. The largest absolute Gasteiger partial charge is 0.474 e. The van der Waals surface area contributed by atoms with Gasteiger partial charge in [-0.3, -0.25) is 0 Å². The molecule has 0 amide bonds. The van der Waals surface area contributed by atoms with Crippen LogP contribution >= 0.6 is 0 Å². The molecule has 1 atom stereocenters. The summed E-state index contributed by atoms with van der Waals surface area (Å²) in [5.41, 5.74) is 6.34. The second-order valence-electron chi connectivity index (χ2n) is 4.99. The van der Waals surface area contributed by atoms with Gasteiger partial charge in [0.1, 0.15) is 5.82 Å². The number of rotatable bonds is 6. The standard InChI is InChI=1S/C14H19N5O3S/c1-3-9(2)22-13-8-12(15)18-14(19-13)17-10-4-6-11(7-5-10)23(16,20)21/h4-9H,3H2,1-2H3,(H2,16,20,21)(H3,15,17,18,19). The predicted molar refractivity (Wildman–Crippen MR) is 87.9 cm³/mol. The molecule has 23 heavy (non-hydrogen) atoms. The average molecular weight is 337 g/mol. The molecule has 0 aliphatic rings. The highest BCUT2D eigenvalue weighted by Gasteiger charge is 2.09. The van der Waals surface area contributed by atoms with E-state index in [1.807, 2.05) is 13.8 Å². The van der Waals surface area contributed by atoms with Gasteiger partial charge in [-0.05, 0) is 37.6 Å². The van der Waals surface area contributed by atoms with Crippen molar-refractivity contribution < 1.29 is 13.2 Å². The Hall–Kier alpha value is -2.39. The lowest BCUT2D eigenvalue weighted by molar-refractivity contribution is 0.209. The molecule has 1 aromatic heterocycles. The van der Waals surface area contributed by atoms with Gasteiger partial charge in [0.15, 0.2) is 0 Å². The number of ether oxygens (including phenoxy) is 1. The van der Waals surface area contributed by atoms with Gasteiger partial charge in [-0.2, -0.15) is 9.97 Å². The number of hydrogen-bond acceptors (Lipinski definition) is 7. The zero-order valence-corrected chi connectivity index (χ0v) is 13.7. The number of anilines is 3. The number of aromatic nitrogens is 2. The summed E-state index contributed by atoms with van der Waals surface area (Å²) in [5, 5.41) is 7.99. The Morgan fingerprint density at radius 1 is 1.26 bits per heavy atom. The van der Waals surface area contributed by atoms with E-state index in [2.05, 4.69) is 15.3 Å². The van der Waals surface area contributed by atoms with Crippen LogP contribution in [0.3, 0.4) is 0 Å². The minimum Gasteiger partial charge on any atom is -0.474 e. The Labute approximate surface area is 134 Å². The van der Waals surface area contributed by atoms with E-state index in [-0.39, 0.29) is 22.8 Å². The van der Waals surface area contributed by atoms with Crippen molar-refractivity contribution in [2.45, 2.75) is 31.3 Å². The monoisotopic (exact) mass is 337 g/mol. The van der Waals surface area contributed by atoms with Crippen LogP contribution in [-0.2, 0) is 10.0 Å². The van der Waals surface area contributed by atoms with Crippen molar-refractivity contribution in [1.82, 2.24) is 9.97 Å². The summed E-state index contributed by atoms with van der Waals surface area (Å²) in [6, 6.07) is 7.44. The van der Waals surface area contributed by atoms with Gasteiger partial charge >= 0.3 is 0 Å². The van der Waals surface area contributed by atoms with Crippen LogP contribution in [0.5, 0.6) is 5.88 Å². The van der Waals surface area contributed by atoms with E-state index in [0.29, 0.717) is 11.6 Å². The van der Waals surface area contributed by atoms with E-state index < -0.39 is 10.0 Å². The second kappa shape index (κ2) is 6.80. The number of nitrogens with two attached hydrogens (primary N) is 2. The Morgan fingerprint density at radius 2 is 1.91 bits per heavy atom. The summed E-state index contributed by atoms with van der Waals surface area (Å²) in [5.74, 6) is 0.893. The maximum Gasteiger partial charge on any atom is 0.238 e. The lowest BCUT2D eigenvalue weighted by atomic mass is 10.3. The molecule has 0 saturated heterocycles. The second-order valence-corrected chi connectivity index (χ2v) is 6.55. The highest BCUT2D eigenvalue weighted by Crippen LogP contribution is 2.20. The maximum absolute atomic E-state index is 11.2. The highest BCUT2D eigenvalue weighted by molar-refractivity contribution is 7.89. The Balaban J connectivity index is 2.19. The zero-order valence-electron chi connectivity index (χ0n) is 12.9. The fourth-order valence-electron chi connectivity index (χ4n) is 1.71. The van der Waals surface area contributed by atoms with Crippen LogP contribution in [0.1, 0.15) is 20.3 Å². The van der Waals surface area contributed by atoms with Crippen molar-refractivity contribution in [3.8, 4) is 5.88 Å². The van der Waals surface area contributed by atoms with Crippen molar-refractivity contribution in [3.05, 3.63) is 30.3 Å². The van der Waals surface area contributed by atoms with Crippen molar-refractivity contribution in [2.75, 3.05) is 11.1 Å². The summed E-state index contributed by atoms with van der Waals surface area (Å²) in [6.07, 6.45) is 0.841. The molecule has 2 rings (SSSR count). The summed E-state index contributed by atoms with van der Waals surface area (Å²) >= 11 is 0. The fraction of sp³-hybridized carbons (Fsp3) is 0.286. The molecule has 1 aromatic carbocycles. The maximum atomic E-state index is 11.2. The number of hydrogen-bond donors (Lipinski definition) is 3. The first kappa shape index (κ1) is 17.0. The molecule has 0 bridgehead atoms. The number of nitrogen functional groups attached to an aromatic ring is 1. The first-order valence-electron chi connectivity index (χ1n) is 6.99. The quantitative estimate of drug-likeness (QED) is 0.729. The molecule has 8 nitrogen and oxygen atoms in total. The van der Waals surface area contributed by atoms with Crippen molar-refractivity contribution in [1.29, 1.82) is 0 Å². The number of nitrogens with one attached hydrogen (secondary N) is 1. The van der Waals surface area contributed by atoms with Crippen molar-refractivity contribution in [3.63, 3.8) is 0 Å². The van der Waals surface area contributed by atoms with Gasteiger partial charge in [0, 0.05) is 11.8 Å². The summed E-state index contributed by atoms with van der Waals surface area (Å²) in [7, 11) is -3.72. The van der Waals surface area contributed by atoms with Crippen LogP contribution in [0.25, 0.3) is 0 Å². The Morgan fingerprint density at radius 3 is 2.48 bits per heavy atom. The first-order chi connectivity index (χ1) is 10.8. The number of benzene rings is 1. The van der Waals surface area contributed by atoms with Crippen LogP contribution in [0.15, 0.2) is 35.2 Å². The Kier molecular flexibility index (Phi) is 5.02. The minimum absolute atomic E-state index is 0.00574. The molecule has 2 aromatic rings. The van der Waals surface area contributed by atoms with Gasteiger partial charge in [0.05, 0.1) is 11.0 Å². The summed E-state index contributed by atoms with van der Waals surface area (Å²) in [4.78, 5) is 8.31. The van der Waals surface area contributed by atoms with Crippen LogP contribution in [0.4, 0.5) is 17.5 Å². The van der Waals surface area contributed by atoms with E-state index in [4.69, 9.17) is 15.6 Å². The minimum atomic E-state index is -3.72. The molecule has 5 N–H and O–H groups in total. The molecule has 124 valence electrons. The fourth-order valence-corrected chi connectivity index (χ4v) is 2.22. The van der Waals surface area contributed by atoms with Crippen LogP contribution < -0.4 is 20.9 Å². The Bertz CT molecular complexity index is 777. The third-order valence-electron chi connectivity index (χ3n) is 3.06. The molecule has 0 radical (unpaired) electrons. The molecule has 9 heteroatoms. The van der Waals surface area contributed by atoms with Crippen LogP contribution in [0, 0.1) is 0 Å². The molecule has 0 saturated carbocycles. The van der Waals surface area contributed by atoms with E-state index in [1.165, 1.54) is 12.1 Å². The van der Waals surface area contributed by atoms with Gasteiger partial charge in [0.2, 0.25) is 21.9 Å². The van der Waals surface area contributed by atoms with Gasteiger partial charge in [-0.15, -0.1) is 0 Å². The van der Waals surface area contributed by atoms with Crippen LogP contribution in [-0.4, -0.2) is 24.5 Å². The van der Waals surface area contributed by atoms with Crippen molar-refractivity contribution >= 4 is 27.5 Å². The van der Waals surface area contributed by atoms with E-state index >= 15 is 0 Å². The lowest BCUT2D eigenvalue weighted by Crippen LogP contribution is -2.12. The third-order valence-corrected chi connectivity index (χ3v) is 3.99. The number of nitrogens with zero attached hydrogens (tertiary/aromatic N) is 2. The molecule has 0 fully saturated rings.